The van der Waals surface area contributed by atoms with E-state index in [0.29, 0.717) is 11.5 Å². The maximum Gasteiger partial charge on any atom is 0.144 e. The van der Waals surface area contributed by atoms with Gasteiger partial charge in [0.1, 0.15) is 16.5 Å². The Morgan fingerprint density at radius 3 is 2.61 bits per heavy atom. The fourth-order valence-electron chi connectivity index (χ4n) is 1.43. The maximum absolute atomic E-state index is 5.44. The van der Waals surface area contributed by atoms with Crippen LogP contribution in [0.15, 0.2) is 36.9 Å². The fourth-order valence-corrected chi connectivity index (χ4v) is 1.54. The standard InChI is InChI=1S/C12H13N5S/c13-12(18)10-7-17-11(8-16-10)15-6-3-9-1-4-14-5-2-9/h1-2,4-5,7-8H,3,6H2,(H2,13,18)(H,15,17). The molecule has 92 valence electrons. The lowest BCUT2D eigenvalue weighted by atomic mass is 10.2. The molecule has 2 aromatic rings. The van der Waals surface area contributed by atoms with E-state index in [1.807, 2.05) is 12.1 Å². The Labute approximate surface area is 110 Å². The van der Waals surface area contributed by atoms with Crippen molar-refractivity contribution in [3.05, 3.63) is 48.2 Å². The largest absolute Gasteiger partial charge is 0.388 e. The average Bonchev–Trinajstić information content (AvgIpc) is 2.40. The van der Waals surface area contributed by atoms with Gasteiger partial charge in [-0.25, -0.2) is 9.97 Å². The predicted molar refractivity (Wildman–Crippen MR) is 74.4 cm³/mol. The van der Waals surface area contributed by atoms with Crippen LogP contribution in [0.2, 0.25) is 0 Å². The molecule has 0 aliphatic heterocycles. The molecule has 0 atom stereocenters. The molecule has 0 amide bonds. The minimum Gasteiger partial charge on any atom is -0.388 e. The number of aromatic nitrogens is 3. The molecule has 2 heterocycles. The Morgan fingerprint density at radius 2 is 2.00 bits per heavy atom. The third kappa shape index (κ3) is 3.46. The molecule has 0 bridgehead atoms. The van der Waals surface area contributed by atoms with Gasteiger partial charge in [0.15, 0.2) is 0 Å². The summed E-state index contributed by atoms with van der Waals surface area (Å²) in [6.07, 6.45) is 7.66. The minimum absolute atomic E-state index is 0.255. The third-order valence-corrected chi connectivity index (χ3v) is 2.58. The van der Waals surface area contributed by atoms with Crippen LogP contribution in [0.5, 0.6) is 0 Å². The van der Waals surface area contributed by atoms with E-state index in [1.165, 1.54) is 5.56 Å². The lowest BCUT2D eigenvalue weighted by Gasteiger charge is -2.05. The molecular weight excluding hydrogens is 246 g/mol. The van der Waals surface area contributed by atoms with E-state index in [2.05, 4.69) is 20.3 Å². The van der Waals surface area contributed by atoms with Crippen molar-refractivity contribution in [3.8, 4) is 0 Å². The molecule has 18 heavy (non-hydrogen) atoms. The van der Waals surface area contributed by atoms with E-state index < -0.39 is 0 Å². The van der Waals surface area contributed by atoms with Gasteiger partial charge in [0.25, 0.3) is 0 Å². The first-order valence-electron chi connectivity index (χ1n) is 5.50. The molecule has 0 fully saturated rings. The monoisotopic (exact) mass is 259 g/mol. The SMILES string of the molecule is NC(=S)c1cnc(NCCc2ccncc2)cn1. The maximum atomic E-state index is 5.44. The van der Waals surface area contributed by atoms with Crippen molar-refractivity contribution in [2.24, 2.45) is 5.73 Å². The number of nitrogens with one attached hydrogen (secondary N) is 1. The van der Waals surface area contributed by atoms with Crippen molar-refractivity contribution >= 4 is 23.0 Å². The van der Waals surface area contributed by atoms with Crippen LogP contribution < -0.4 is 11.1 Å². The van der Waals surface area contributed by atoms with Crippen LogP contribution in [0.25, 0.3) is 0 Å². The molecule has 0 unspecified atom stereocenters. The fraction of sp³-hybridized carbons (Fsp3) is 0.167. The Kier molecular flexibility index (Phi) is 4.14. The lowest BCUT2D eigenvalue weighted by molar-refractivity contribution is 0.993. The van der Waals surface area contributed by atoms with Crippen molar-refractivity contribution < 1.29 is 0 Å². The van der Waals surface area contributed by atoms with Gasteiger partial charge in [0.2, 0.25) is 0 Å². The van der Waals surface area contributed by atoms with Crippen LogP contribution in [0.4, 0.5) is 5.82 Å². The topological polar surface area (TPSA) is 76.7 Å². The molecule has 6 heteroatoms. The zero-order chi connectivity index (χ0) is 12.8. The van der Waals surface area contributed by atoms with Crippen molar-refractivity contribution in [1.29, 1.82) is 0 Å². The van der Waals surface area contributed by atoms with Gasteiger partial charge in [0.05, 0.1) is 12.4 Å². The van der Waals surface area contributed by atoms with Crippen LogP contribution >= 0.6 is 12.2 Å². The molecule has 0 aliphatic carbocycles. The smallest absolute Gasteiger partial charge is 0.144 e. The first kappa shape index (κ1) is 12.4. The van der Waals surface area contributed by atoms with Crippen LogP contribution in [-0.4, -0.2) is 26.5 Å². The molecular formula is C12H13N5S. The highest BCUT2D eigenvalue weighted by atomic mass is 32.1. The van der Waals surface area contributed by atoms with Gasteiger partial charge in [-0.2, -0.15) is 0 Å². The summed E-state index contributed by atoms with van der Waals surface area (Å²) in [4.78, 5) is 12.5. The van der Waals surface area contributed by atoms with E-state index in [4.69, 9.17) is 18.0 Å². The van der Waals surface area contributed by atoms with Crippen LogP contribution in [0.3, 0.4) is 0 Å². The third-order valence-electron chi connectivity index (χ3n) is 2.37. The summed E-state index contributed by atoms with van der Waals surface area (Å²) in [6, 6.07) is 3.98. The highest BCUT2D eigenvalue weighted by Crippen LogP contribution is 2.02. The van der Waals surface area contributed by atoms with Gasteiger partial charge in [0, 0.05) is 18.9 Å². The zero-order valence-corrected chi connectivity index (χ0v) is 10.5. The summed E-state index contributed by atoms with van der Waals surface area (Å²) >= 11 is 4.81. The Hall–Kier alpha value is -2.08. The van der Waals surface area contributed by atoms with Crippen molar-refractivity contribution in [2.45, 2.75) is 6.42 Å². The zero-order valence-electron chi connectivity index (χ0n) is 9.71. The summed E-state index contributed by atoms with van der Waals surface area (Å²) in [5, 5.41) is 3.18. The van der Waals surface area contributed by atoms with E-state index in [1.54, 1.807) is 24.8 Å². The lowest BCUT2D eigenvalue weighted by Crippen LogP contribution is -2.13. The average molecular weight is 259 g/mol. The number of anilines is 1. The number of nitrogens with zero attached hydrogens (tertiary/aromatic N) is 3. The van der Waals surface area contributed by atoms with E-state index in [9.17, 15) is 0 Å². The molecule has 0 saturated heterocycles. The summed E-state index contributed by atoms with van der Waals surface area (Å²) in [6.45, 7) is 0.783. The Balaban J connectivity index is 1.85. The summed E-state index contributed by atoms with van der Waals surface area (Å²) in [7, 11) is 0. The normalized spacial score (nSPS) is 10.0. The van der Waals surface area contributed by atoms with Gasteiger partial charge < -0.3 is 11.1 Å². The highest BCUT2D eigenvalue weighted by molar-refractivity contribution is 7.80. The van der Waals surface area contributed by atoms with Gasteiger partial charge in [-0.15, -0.1) is 0 Å². The van der Waals surface area contributed by atoms with E-state index in [0.717, 1.165) is 13.0 Å². The molecule has 2 aromatic heterocycles. The van der Waals surface area contributed by atoms with Crippen LogP contribution in [0.1, 0.15) is 11.3 Å². The molecule has 2 rings (SSSR count). The molecule has 0 spiro atoms. The minimum atomic E-state index is 0.255. The number of hydrogen-bond donors (Lipinski definition) is 2. The first-order valence-corrected chi connectivity index (χ1v) is 5.91. The van der Waals surface area contributed by atoms with Gasteiger partial charge in [-0.3, -0.25) is 4.98 Å². The second-order valence-corrected chi connectivity index (χ2v) is 4.12. The molecule has 0 saturated carbocycles. The predicted octanol–water partition coefficient (Wildman–Crippen LogP) is 1.16. The van der Waals surface area contributed by atoms with Gasteiger partial charge in [-0.05, 0) is 24.1 Å². The highest BCUT2D eigenvalue weighted by Gasteiger charge is 1.99. The number of hydrogen-bond acceptors (Lipinski definition) is 5. The summed E-state index contributed by atoms with van der Waals surface area (Å²) in [5.41, 5.74) is 7.20. The summed E-state index contributed by atoms with van der Waals surface area (Å²) in [5.74, 6) is 0.712. The molecule has 5 nitrogen and oxygen atoms in total. The second kappa shape index (κ2) is 6.02. The number of rotatable bonds is 5. The molecule has 0 aromatic carbocycles. The van der Waals surface area contributed by atoms with Crippen molar-refractivity contribution in [1.82, 2.24) is 15.0 Å². The molecule has 0 aliphatic rings. The number of nitrogens with two attached hydrogens (primary N) is 1. The van der Waals surface area contributed by atoms with Gasteiger partial charge in [-0.1, -0.05) is 12.2 Å². The number of pyridine rings is 1. The first-order chi connectivity index (χ1) is 8.75. The van der Waals surface area contributed by atoms with Gasteiger partial charge >= 0.3 is 0 Å². The van der Waals surface area contributed by atoms with Crippen molar-refractivity contribution in [3.63, 3.8) is 0 Å². The van der Waals surface area contributed by atoms with Crippen LogP contribution in [-0.2, 0) is 6.42 Å². The van der Waals surface area contributed by atoms with E-state index in [-0.39, 0.29) is 4.99 Å². The summed E-state index contributed by atoms with van der Waals surface area (Å²) < 4.78 is 0. The quantitative estimate of drug-likeness (QED) is 0.785. The Bertz CT molecular complexity index is 512. The molecule has 0 radical (unpaired) electrons. The second-order valence-electron chi connectivity index (χ2n) is 3.68. The van der Waals surface area contributed by atoms with Crippen molar-refractivity contribution in [2.75, 3.05) is 11.9 Å². The number of thiocarbonyl (C=S) groups is 1. The van der Waals surface area contributed by atoms with Crippen LogP contribution in [0, 0.1) is 0 Å². The Morgan fingerprint density at radius 1 is 1.22 bits per heavy atom. The van der Waals surface area contributed by atoms with E-state index >= 15 is 0 Å². The molecule has 3 N–H and O–H groups in total.